The lowest BCUT2D eigenvalue weighted by atomic mass is 10.3. The molecule has 3 nitrogen and oxygen atoms in total. The van der Waals surface area contributed by atoms with Gasteiger partial charge in [-0.1, -0.05) is 15.9 Å². The largest absolute Gasteiger partial charge is 0.403 e. The molecule has 4 N–H and O–H groups in total. The molecule has 1 aliphatic heterocycles. The van der Waals surface area contributed by atoms with E-state index in [4.69, 9.17) is 11.6 Å². The number of nitrogens with two attached hydrogens (primary N) is 2. The molecule has 0 saturated heterocycles. The van der Waals surface area contributed by atoms with E-state index in [2.05, 4.69) is 15.9 Å². The monoisotopic (exact) mass is 201 g/mol. The lowest BCUT2D eigenvalue weighted by Gasteiger charge is -2.17. The van der Waals surface area contributed by atoms with Crippen molar-refractivity contribution in [1.29, 1.82) is 0 Å². The number of hydrogen-bond acceptors (Lipinski definition) is 3. The zero-order chi connectivity index (χ0) is 7.56. The van der Waals surface area contributed by atoms with Gasteiger partial charge in [0.2, 0.25) is 0 Å². The van der Waals surface area contributed by atoms with Crippen molar-refractivity contribution in [3.05, 3.63) is 34.7 Å². The first-order valence-corrected chi connectivity index (χ1v) is 3.54. The Morgan fingerprint density at radius 2 is 2.30 bits per heavy atom. The van der Waals surface area contributed by atoms with Crippen molar-refractivity contribution >= 4 is 15.9 Å². The van der Waals surface area contributed by atoms with E-state index < -0.39 is 0 Å². The van der Waals surface area contributed by atoms with Crippen molar-refractivity contribution in [2.24, 2.45) is 11.6 Å². The highest BCUT2D eigenvalue weighted by molar-refractivity contribution is 9.11. The summed E-state index contributed by atoms with van der Waals surface area (Å²) >= 11 is 3.29. The molecule has 1 heterocycles. The zero-order valence-electron chi connectivity index (χ0n) is 5.29. The first-order valence-electron chi connectivity index (χ1n) is 2.75. The minimum Gasteiger partial charge on any atom is -0.403 e. The van der Waals surface area contributed by atoms with E-state index in [0.717, 1.165) is 10.2 Å². The minimum absolute atomic E-state index is 0.773. The van der Waals surface area contributed by atoms with Gasteiger partial charge in [-0.2, -0.15) is 0 Å². The first kappa shape index (κ1) is 7.37. The highest BCUT2D eigenvalue weighted by Crippen LogP contribution is 2.16. The summed E-state index contributed by atoms with van der Waals surface area (Å²) in [5, 5.41) is 1.45. The van der Waals surface area contributed by atoms with Crippen LogP contribution < -0.4 is 11.6 Å². The van der Waals surface area contributed by atoms with Crippen LogP contribution in [0.5, 0.6) is 0 Å². The topological polar surface area (TPSA) is 55.3 Å². The Morgan fingerprint density at radius 3 is 2.80 bits per heavy atom. The Kier molecular flexibility index (Phi) is 2.13. The molecule has 0 bridgehead atoms. The van der Waals surface area contributed by atoms with Gasteiger partial charge in [-0.3, -0.25) is 5.01 Å². The van der Waals surface area contributed by atoms with Crippen LogP contribution in [0, 0.1) is 0 Å². The summed E-state index contributed by atoms with van der Waals surface area (Å²) in [6, 6.07) is 0. The third-order valence-electron chi connectivity index (χ3n) is 1.15. The summed E-state index contributed by atoms with van der Waals surface area (Å²) in [4.78, 5) is 0. The van der Waals surface area contributed by atoms with Crippen LogP contribution in [0.2, 0.25) is 0 Å². The van der Waals surface area contributed by atoms with E-state index in [1.807, 2.05) is 12.2 Å². The van der Waals surface area contributed by atoms with Crippen LogP contribution in [0.1, 0.15) is 0 Å². The van der Waals surface area contributed by atoms with Crippen LogP contribution in [-0.2, 0) is 0 Å². The summed E-state index contributed by atoms with van der Waals surface area (Å²) in [7, 11) is 0. The third kappa shape index (κ3) is 1.40. The number of allylic oxidation sites excluding steroid dienone is 3. The molecule has 10 heavy (non-hydrogen) atoms. The molecule has 0 saturated carbocycles. The van der Waals surface area contributed by atoms with Crippen molar-refractivity contribution in [2.45, 2.75) is 0 Å². The molecular weight excluding hydrogens is 194 g/mol. The second-order valence-corrected chi connectivity index (χ2v) is 2.76. The van der Waals surface area contributed by atoms with E-state index in [9.17, 15) is 0 Å². The molecule has 0 radical (unpaired) electrons. The van der Waals surface area contributed by atoms with Gasteiger partial charge in [0.25, 0.3) is 0 Å². The summed E-state index contributed by atoms with van der Waals surface area (Å²) in [6.07, 6.45) is 6.85. The predicted molar refractivity (Wildman–Crippen MR) is 44.4 cm³/mol. The van der Waals surface area contributed by atoms with Gasteiger partial charge in [-0.15, -0.1) is 0 Å². The fraction of sp³-hybridized carbons (Fsp3) is 0. The maximum atomic E-state index is 5.48. The molecule has 0 atom stereocenters. The third-order valence-corrected chi connectivity index (χ3v) is 1.64. The van der Waals surface area contributed by atoms with Crippen molar-refractivity contribution < 1.29 is 0 Å². The highest BCUT2D eigenvalue weighted by atomic mass is 79.9. The van der Waals surface area contributed by atoms with Crippen LogP contribution >= 0.6 is 15.9 Å². The van der Waals surface area contributed by atoms with Gasteiger partial charge in [0, 0.05) is 16.9 Å². The summed E-state index contributed by atoms with van der Waals surface area (Å²) < 4.78 is 0.964. The standard InChI is InChI=1S/C6H8BrN3/c7-5-1-2-10(9)6(3-5)4-8/h1-4H,8-9H2/b6-4-. The Balaban J connectivity index is 2.88. The van der Waals surface area contributed by atoms with E-state index in [0.29, 0.717) is 0 Å². The van der Waals surface area contributed by atoms with Gasteiger partial charge in [0.1, 0.15) is 0 Å². The Labute approximate surface area is 67.8 Å². The van der Waals surface area contributed by atoms with Gasteiger partial charge in [0.15, 0.2) is 0 Å². The molecular formula is C6H8BrN3. The van der Waals surface area contributed by atoms with Crippen molar-refractivity contribution in [2.75, 3.05) is 0 Å². The average Bonchev–Trinajstić information content (AvgIpc) is 1.94. The van der Waals surface area contributed by atoms with Crippen LogP contribution in [-0.4, -0.2) is 5.01 Å². The molecule has 0 aliphatic carbocycles. The van der Waals surface area contributed by atoms with Crippen molar-refractivity contribution in [3.8, 4) is 0 Å². The maximum Gasteiger partial charge on any atom is 0.0733 e. The van der Waals surface area contributed by atoms with E-state index in [-0.39, 0.29) is 0 Å². The molecule has 4 heteroatoms. The highest BCUT2D eigenvalue weighted by Gasteiger charge is 2.02. The SMILES string of the molecule is N/C=C1/C=C(Br)C=CN1N. The molecule has 54 valence electrons. The molecule has 1 rings (SSSR count). The van der Waals surface area contributed by atoms with E-state index in [1.54, 1.807) is 6.20 Å². The van der Waals surface area contributed by atoms with Gasteiger partial charge in [-0.05, 0) is 12.2 Å². The molecule has 0 aromatic rings. The molecule has 1 aliphatic rings. The Bertz CT molecular complexity index is 217. The number of hydrazine groups is 1. The van der Waals surface area contributed by atoms with Crippen LogP contribution in [0.3, 0.4) is 0 Å². The normalized spacial score (nSPS) is 21.6. The Morgan fingerprint density at radius 1 is 1.60 bits per heavy atom. The van der Waals surface area contributed by atoms with Crippen molar-refractivity contribution in [1.82, 2.24) is 5.01 Å². The second kappa shape index (κ2) is 2.90. The fourth-order valence-corrected chi connectivity index (χ4v) is 0.988. The second-order valence-electron chi connectivity index (χ2n) is 1.84. The van der Waals surface area contributed by atoms with Gasteiger partial charge < -0.3 is 5.73 Å². The maximum absolute atomic E-state index is 5.48. The smallest absolute Gasteiger partial charge is 0.0733 e. The first-order chi connectivity index (χ1) is 4.74. The molecule has 0 amide bonds. The van der Waals surface area contributed by atoms with Gasteiger partial charge in [-0.25, -0.2) is 5.84 Å². The van der Waals surface area contributed by atoms with E-state index >= 15 is 0 Å². The number of rotatable bonds is 0. The summed E-state index contributed by atoms with van der Waals surface area (Å²) in [5.74, 6) is 5.48. The molecule has 0 unspecified atom stereocenters. The lowest BCUT2D eigenvalue weighted by Crippen LogP contribution is -2.25. The minimum atomic E-state index is 0.773. The summed E-state index contributed by atoms with van der Waals surface area (Å²) in [5.41, 5.74) is 6.05. The molecule has 0 spiro atoms. The molecule has 0 aromatic carbocycles. The molecule has 0 aromatic heterocycles. The molecule has 0 fully saturated rings. The number of halogens is 1. The Hall–Kier alpha value is -0.740. The number of nitrogens with zero attached hydrogens (tertiary/aromatic N) is 1. The quantitative estimate of drug-likeness (QED) is 0.570. The summed E-state index contributed by atoms with van der Waals surface area (Å²) in [6.45, 7) is 0. The van der Waals surface area contributed by atoms with Crippen LogP contribution in [0.15, 0.2) is 34.7 Å². The zero-order valence-corrected chi connectivity index (χ0v) is 6.88. The van der Waals surface area contributed by atoms with Gasteiger partial charge >= 0.3 is 0 Å². The van der Waals surface area contributed by atoms with Crippen LogP contribution in [0.4, 0.5) is 0 Å². The van der Waals surface area contributed by atoms with E-state index in [1.165, 1.54) is 11.2 Å². The fourth-order valence-electron chi connectivity index (χ4n) is 0.636. The predicted octanol–water partition coefficient (Wildman–Crippen LogP) is 0.768. The number of hydrogen-bond donors (Lipinski definition) is 2. The lowest BCUT2D eigenvalue weighted by molar-refractivity contribution is 0.503. The van der Waals surface area contributed by atoms with Gasteiger partial charge in [0.05, 0.1) is 5.70 Å². The van der Waals surface area contributed by atoms with Crippen molar-refractivity contribution in [3.63, 3.8) is 0 Å². The average molecular weight is 202 g/mol. The van der Waals surface area contributed by atoms with Crippen LogP contribution in [0.25, 0.3) is 0 Å².